The Morgan fingerprint density at radius 1 is 1.33 bits per heavy atom. The number of likely N-dealkylation sites (N-methyl/N-ethyl adjacent to an activating group) is 1. The quantitative estimate of drug-likeness (QED) is 0.816. The predicted octanol–water partition coefficient (Wildman–Crippen LogP) is 2.86. The molecular formula is C15H23BrN2O2S. The smallest absolute Gasteiger partial charge is 0.243 e. The van der Waals surface area contributed by atoms with E-state index in [1.165, 1.54) is 0 Å². The van der Waals surface area contributed by atoms with Crippen LogP contribution in [0.3, 0.4) is 0 Å². The third kappa shape index (κ3) is 3.67. The molecule has 6 heteroatoms. The molecule has 2 rings (SSSR count). The van der Waals surface area contributed by atoms with Crippen molar-refractivity contribution in [2.45, 2.75) is 37.6 Å². The largest absolute Gasteiger partial charge is 0.305 e. The normalized spacial score (nSPS) is 22.2. The van der Waals surface area contributed by atoms with Gasteiger partial charge in [-0.3, -0.25) is 0 Å². The molecule has 1 heterocycles. The van der Waals surface area contributed by atoms with Crippen molar-refractivity contribution in [3.8, 4) is 0 Å². The summed E-state index contributed by atoms with van der Waals surface area (Å²) in [4.78, 5) is 2.61. The van der Waals surface area contributed by atoms with E-state index in [2.05, 4.69) is 34.8 Å². The lowest BCUT2D eigenvalue weighted by Crippen LogP contribution is -2.43. The van der Waals surface area contributed by atoms with Crippen LogP contribution in [-0.2, 0) is 10.0 Å². The molecule has 1 aliphatic rings. The maximum Gasteiger partial charge on any atom is 0.243 e. The van der Waals surface area contributed by atoms with Crippen LogP contribution in [-0.4, -0.2) is 50.3 Å². The minimum absolute atomic E-state index is 0.0476. The van der Waals surface area contributed by atoms with Crippen LogP contribution in [0.25, 0.3) is 0 Å². The molecule has 1 aromatic carbocycles. The number of benzene rings is 1. The van der Waals surface area contributed by atoms with Gasteiger partial charge in [0.1, 0.15) is 0 Å². The van der Waals surface area contributed by atoms with E-state index in [1.54, 1.807) is 16.4 Å². The molecule has 4 nitrogen and oxygen atoms in total. The molecule has 1 unspecified atom stereocenters. The van der Waals surface area contributed by atoms with Crippen LogP contribution in [0.15, 0.2) is 27.6 Å². The molecule has 0 aromatic heterocycles. The molecule has 118 valence electrons. The van der Waals surface area contributed by atoms with Crippen LogP contribution >= 0.6 is 15.9 Å². The summed E-state index contributed by atoms with van der Waals surface area (Å²) in [5.74, 6) is 0. The van der Waals surface area contributed by atoms with Crippen molar-refractivity contribution in [3.05, 3.63) is 28.2 Å². The number of sulfonamides is 1. The van der Waals surface area contributed by atoms with Crippen molar-refractivity contribution in [1.29, 1.82) is 0 Å². The van der Waals surface area contributed by atoms with Crippen LogP contribution in [0, 0.1) is 6.92 Å². The fraction of sp³-hybridized carbons (Fsp3) is 0.600. The van der Waals surface area contributed by atoms with E-state index < -0.39 is 10.0 Å². The predicted molar refractivity (Wildman–Crippen MR) is 89.0 cm³/mol. The molecular weight excluding hydrogens is 352 g/mol. The van der Waals surface area contributed by atoms with Gasteiger partial charge in [0, 0.05) is 23.6 Å². The molecule has 0 amide bonds. The fourth-order valence-corrected chi connectivity index (χ4v) is 4.84. The molecule has 0 radical (unpaired) electrons. The first-order chi connectivity index (χ1) is 9.86. The average Bonchev–Trinajstić information content (AvgIpc) is 2.63. The van der Waals surface area contributed by atoms with Crippen LogP contribution < -0.4 is 0 Å². The summed E-state index contributed by atoms with van der Waals surface area (Å²) >= 11 is 3.42. The van der Waals surface area contributed by atoms with Gasteiger partial charge in [-0.1, -0.05) is 22.9 Å². The van der Waals surface area contributed by atoms with Crippen LogP contribution in [0.4, 0.5) is 0 Å². The Bertz CT molecular complexity index is 604. The van der Waals surface area contributed by atoms with E-state index in [0.717, 1.165) is 36.0 Å². The minimum atomic E-state index is -3.42. The topological polar surface area (TPSA) is 40.6 Å². The first kappa shape index (κ1) is 16.9. The van der Waals surface area contributed by atoms with Gasteiger partial charge in [-0.2, -0.15) is 4.31 Å². The van der Waals surface area contributed by atoms with Gasteiger partial charge in [-0.15, -0.1) is 0 Å². The summed E-state index contributed by atoms with van der Waals surface area (Å²) in [6.45, 7) is 6.31. The van der Waals surface area contributed by atoms with Crippen molar-refractivity contribution in [1.82, 2.24) is 9.21 Å². The fourth-order valence-electron chi connectivity index (χ4n) is 2.78. The molecule has 1 aliphatic heterocycles. The number of rotatable bonds is 3. The van der Waals surface area contributed by atoms with Crippen molar-refractivity contribution < 1.29 is 8.42 Å². The lowest BCUT2D eigenvalue weighted by molar-refractivity contribution is 0.270. The first-order valence-electron chi connectivity index (χ1n) is 7.32. The zero-order chi connectivity index (χ0) is 15.6. The highest BCUT2D eigenvalue weighted by molar-refractivity contribution is 9.10. The van der Waals surface area contributed by atoms with Crippen molar-refractivity contribution in [2.75, 3.05) is 26.7 Å². The number of nitrogens with zero attached hydrogens (tertiary/aromatic N) is 2. The van der Waals surface area contributed by atoms with Crippen LogP contribution in [0.5, 0.6) is 0 Å². The van der Waals surface area contributed by atoms with Gasteiger partial charge in [0.25, 0.3) is 0 Å². The molecule has 0 saturated carbocycles. The van der Waals surface area contributed by atoms with Crippen molar-refractivity contribution in [2.24, 2.45) is 0 Å². The Morgan fingerprint density at radius 2 is 2.05 bits per heavy atom. The second-order valence-corrected chi connectivity index (χ2v) is 8.45. The third-order valence-electron chi connectivity index (χ3n) is 4.06. The average molecular weight is 375 g/mol. The van der Waals surface area contributed by atoms with E-state index in [-0.39, 0.29) is 6.04 Å². The van der Waals surface area contributed by atoms with Crippen LogP contribution in [0.1, 0.15) is 25.3 Å². The van der Waals surface area contributed by atoms with Crippen molar-refractivity contribution >= 4 is 26.0 Å². The maximum absolute atomic E-state index is 13.0. The molecule has 1 aromatic rings. The summed E-state index contributed by atoms with van der Waals surface area (Å²) in [6, 6.07) is 5.30. The molecule has 0 bridgehead atoms. The van der Waals surface area contributed by atoms with E-state index in [4.69, 9.17) is 0 Å². The Kier molecular flexibility index (Phi) is 5.46. The Hall–Kier alpha value is -0.430. The van der Waals surface area contributed by atoms with Crippen LogP contribution in [0.2, 0.25) is 0 Å². The highest BCUT2D eigenvalue weighted by atomic mass is 79.9. The van der Waals surface area contributed by atoms with E-state index in [9.17, 15) is 8.42 Å². The lowest BCUT2D eigenvalue weighted by Gasteiger charge is -2.29. The summed E-state index contributed by atoms with van der Waals surface area (Å²) in [5, 5.41) is 0. The van der Waals surface area contributed by atoms with E-state index in [0.29, 0.717) is 11.4 Å². The molecule has 1 atom stereocenters. The molecule has 21 heavy (non-hydrogen) atoms. The maximum atomic E-state index is 13.0. The SMILES string of the molecule is CCC1CN(C)CCCN1S(=O)(=O)c1ccc(Br)c(C)c1. The third-order valence-corrected chi connectivity index (χ3v) is 6.89. The summed E-state index contributed by atoms with van der Waals surface area (Å²) in [6.07, 6.45) is 1.71. The molecule has 1 fully saturated rings. The minimum Gasteiger partial charge on any atom is -0.305 e. The molecule has 0 aliphatic carbocycles. The Balaban J connectivity index is 2.38. The van der Waals surface area contributed by atoms with Gasteiger partial charge in [-0.25, -0.2) is 8.42 Å². The van der Waals surface area contributed by atoms with Gasteiger partial charge in [-0.05, 0) is 57.1 Å². The monoisotopic (exact) mass is 374 g/mol. The number of aryl methyl sites for hydroxylation is 1. The van der Waals surface area contributed by atoms with Gasteiger partial charge in [0.05, 0.1) is 4.90 Å². The lowest BCUT2D eigenvalue weighted by atomic mass is 10.2. The number of halogens is 1. The van der Waals surface area contributed by atoms with Gasteiger partial charge in [0.2, 0.25) is 10.0 Å². The van der Waals surface area contributed by atoms with Gasteiger partial charge < -0.3 is 4.90 Å². The highest BCUT2D eigenvalue weighted by Gasteiger charge is 2.32. The highest BCUT2D eigenvalue weighted by Crippen LogP contribution is 2.26. The van der Waals surface area contributed by atoms with E-state index in [1.807, 2.05) is 13.0 Å². The molecule has 0 N–H and O–H groups in total. The zero-order valence-corrected chi connectivity index (χ0v) is 15.2. The zero-order valence-electron chi connectivity index (χ0n) is 12.8. The summed E-state index contributed by atoms with van der Waals surface area (Å²) < 4.78 is 28.6. The summed E-state index contributed by atoms with van der Waals surface area (Å²) in [7, 11) is -1.37. The Labute approximate surface area is 136 Å². The Morgan fingerprint density at radius 3 is 2.67 bits per heavy atom. The number of hydrogen-bond donors (Lipinski definition) is 0. The first-order valence-corrected chi connectivity index (χ1v) is 9.56. The second-order valence-electron chi connectivity index (χ2n) is 5.70. The van der Waals surface area contributed by atoms with Gasteiger partial charge in [0.15, 0.2) is 0 Å². The summed E-state index contributed by atoms with van der Waals surface area (Å²) in [5.41, 5.74) is 0.941. The number of hydrogen-bond acceptors (Lipinski definition) is 3. The molecule has 0 spiro atoms. The van der Waals surface area contributed by atoms with Gasteiger partial charge >= 0.3 is 0 Å². The van der Waals surface area contributed by atoms with Crippen molar-refractivity contribution in [3.63, 3.8) is 0 Å². The second kappa shape index (κ2) is 6.77. The van der Waals surface area contributed by atoms with E-state index >= 15 is 0 Å². The standard InChI is InChI=1S/C15H23BrN2O2S/c1-4-13-11-17(3)8-5-9-18(13)21(19,20)14-6-7-15(16)12(2)10-14/h6-7,10,13H,4-5,8-9,11H2,1-3H3. The molecule has 1 saturated heterocycles.